The number of amides is 1. The maximum Gasteiger partial charge on any atom is 0.328 e. The van der Waals surface area contributed by atoms with Crippen LogP contribution in [0, 0.1) is 0 Å². The first kappa shape index (κ1) is 11.7. The van der Waals surface area contributed by atoms with Gasteiger partial charge in [-0.05, 0) is 19.1 Å². The van der Waals surface area contributed by atoms with Crippen molar-refractivity contribution in [1.29, 1.82) is 0 Å². The highest BCUT2D eigenvalue weighted by Gasteiger charge is 2.37. The minimum Gasteiger partial charge on any atom is -0.480 e. The molecule has 1 amide bonds. The monoisotopic (exact) mass is 238 g/mol. The molecule has 17 heavy (non-hydrogen) atoms. The third-order valence-electron chi connectivity index (χ3n) is 2.87. The third kappa shape index (κ3) is 2.16. The van der Waals surface area contributed by atoms with Gasteiger partial charge in [0.25, 0.3) is 5.91 Å². The van der Waals surface area contributed by atoms with Crippen LogP contribution in [0.25, 0.3) is 0 Å². The van der Waals surface area contributed by atoms with E-state index in [1.807, 2.05) is 0 Å². The van der Waals surface area contributed by atoms with Gasteiger partial charge in [0.1, 0.15) is 6.04 Å². The highest BCUT2D eigenvalue weighted by Crippen LogP contribution is 2.14. The minimum absolute atomic E-state index is 0.172. The molecule has 2 N–H and O–H groups in total. The lowest BCUT2D eigenvalue weighted by Gasteiger charge is -2.37. The maximum absolute atomic E-state index is 12.1. The number of nitrogens with one attached hydrogen (secondary N) is 1. The summed E-state index contributed by atoms with van der Waals surface area (Å²) >= 11 is 0. The number of carboxylic acid groups (broad SMARTS) is 1. The van der Waals surface area contributed by atoms with Crippen molar-refractivity contribution in [2.75, 3.05) is 13.1 Å². The second-order valence-electron chi connectivity index (χ2n) is 4.00. The Morgan fingerprint density at radius 1 is 1.59 bits per heavy atom. The Labute approximate surface area is 98.2 Å². The van der Waals surface area contributed by atoms with Crippen molar-refractivity contribution in [1.82, 2.24) is 10.2 Å². The first-order valence-corrected chi connectivity index (χ1v) is 5.42. The number of carboxylic acids is 1. The molecule has 6 heteroatoms. The zero-order valence-electron chi connectivity index (χ0n) is 9.42. The molecule has 1 saturated heterocycles. The van der Waals surface area contributed by atoms with Gasteiger partial charge in [0, 0.05) is 19.1 Å². The summed E-state index contributed by atoms with van der Waals surface area (Å²) in [5.41, 5.74) is 0. The van der Waals surface area contributed by atoms with E-state index in [0.717, 1.165) is 0 Å². The van der Waals surface area contributed by atoms with E-state index in [1.165, 1.54) is 17.2 Å². The van der Waals surface area contributed by atoms with Crippen molar-refractivity contribution < 1.29 is 19.1 Å². The predicted molar refractivity (Wildman–Crippen MR) is 58.6 cm³/mol. The topological polar surface area (TPSA) is 82.8 Å². The highest BCUT2D eigenvalue weighted by atomic mass is 16.4. The van der Waals surface area contributed by atoms with E-state index in [9.17, 15) is 9.59 Å². The quantitative estimate of drug-likeness (QED) is 0.767. The molecule has 0 aromatic carbocycles. The third-order valence-corrected chi connectivity index (χ3v) is 2.87. The summed E-state index contributed by atoms with van der Waals surface area (Å²) in [5, 5.41) is 12.2. The zero-order chi connectivity index (χ0) is 12.4. The standard InChI is InChI=1S/C11H14N2O4/c1-7-9(11(15)16)13(5-4-12-7)10(14)8-3-2-6-17-8/h2-3,6-7,9,12H,4-5H2,1H3,(H,15,16). The van der Waals surface area contributed by atoms with E-state index in [2.05, 4.69) is 5.32 Å². The summed E-state index contributed by atoms with van der Waals surface area (Å²) in [5.74, 6) is -1.22. The van der Waals surface area contributed by atoms with Gasteiger partial charge in [-0.2, -0.15) is 0 Å². The number of rotatable bonds is 2. The zero-order valence-corrected chi connectivity index (χ0v) is 9.42. The molecule has 2 rings (SSSR count). The van der Waals surface area contributed by atoms with Crippen LogP contribution in [0.15, 0.2) is 22.8 Å². The first-order chi connectivity index (χ1) is 8.11. The van der Waals surface area contributed by atoms with Gasteiger partial charge < -0.3 is 19.7 Å². The van der Waals surface area contributed by atoms with Gasteiger partial charge in [0.2, 0.25) is 0 Å². The van der Waals surface area contributed by atoms with Gasteiger partial charge in [-0.25, -0.2) is 4.79 Å². The smallest absolute Gasteiger partial charge is 0.328 e. The van der Waals surface area contributed by atoms with Gasteiger partial charge in [0.05, 0.1) is 6.26 Å². The molecular formula is C11H14N2O4. The molecule has 0 spiro atoms. The van der Waals surface area contributed by atoms with Crippen LogP contribution in [0.3, 0.4) is 0 Å². The molecule has 1 aromatic rings. The van der Waals surface area contributed by atoms with Crippen molar-refractivity contribution in [3.63, 3.8) is 0 Å². The average molecular weight is 238 g/mol. The van der Waals surface area contributed by atoms with E-state index >= 15 is 0 Å². The molecule has 1 fully saturated rings. The second-order valence-corrected chi connectivity index (χ2v) is 4.00. The second kappa shape index (κ2) is 4.58. The van der Waals surface area contributed by atoms with Gasteiger partial charge in [-0.1, -0.05) is 0 Å². The molecule has 0 bridgehead atoms. The van der Waals surface area contributed by atoms with Crippen LogP contribution in [0.1, 0.15) is 17.5 Å². The van der Waals surface area contributed by atoms with Crippen LogP contribution in [0.2, 0.25) is 0 Å². The largest absolute Gasteiger partial charge is 0.480 e. The highest BCUT2D eigenvalue weighted by molar-refractivity contribution is 5.94. The molecule has 1 aliphatic rings. The Morgan fingerprint density at radius 2 is 2.35 bits per heavy atom. The summed E-state index contributed by atoms with van der Waals surface area (Å²) in [6.07, 6.45) is 1.40. The molecule has 1 aromatic heterocycles. The summed E-state index contributed by atoms with van der Waals surface area (Å²) in [6, 6.07) is 2.00. The summed E-state index contributed by atoms with van der Waals surface area (Å²) in [6.45, 7) is 2.69. The van der Waals surface area contributed by atoms with Crippen LogP contribution in [-0.2, 0) is 4.79 Å². The number of carbonyl (C=O) groups excluding carboxylic acids is 1. The van der Waals surface area contributed by atoms with Crippen LogP contribution < -0.4 is 5.32 Å². The van der Waals surface area contributed by atoms with E-state index in [1.54, 1.807) is 13.0 Å². The molecular weight excluding hydrogens is 224 g/mol. The Hall–Kier alpha value is -1.82. The molecule has 2 atom stereocenters. The number of furan rings is 1. The molecule has 0 radical (unpaired) electrons. The van der Waals surface area contributed by atoms with Gasteiger partial charge in [-0.3, -0.25) is 4.79 Å². The van der Waals surface area contributed by atoms with E-state index < -0.39 is 12.0 Å². The SMILES string of the molecule is CC1NCCN(C(=O)c2ccco2)C1C(=O)O. The average Bonchev–Trinajstić information content (AvgIpc) is 2.80. The van der Waals surface area contributed by atoms with Crippen molar-refractivity contribution in [2.45, 2.75) is 19.0 Å². The van der Waals surface area contributed by atoms with Crippen molar-refractivity contribution in [2.24, 2.45) is 0 Å². The van der Waals surface area contributed by atoms with Crippen LogP contribution >= 0.6 is 0 Å². The first-order valence-electron chi connectivity index (χ1n) is 5.42. The maximum atomic E-state index is 12.1. The van der Waals surface area contributed by atoms with Crippen LogP contribution in [0.5, 0.6) is 0 Å². The lowest BCUT2D eigenvalue weighted by Crippen LogP contribution is -2.61. The number of hydrogen-bond donors (Lipinski definition) is 2. The predicted octanol–water partition coefficient (Wildman–Crippen LogP) is 0.167. The van der Waals surface area contributed by atoms with Gasteiger partial charge in [-0.15, -0.1) is 0 Å². The van der Waals surface area contributed by atoms with Gasteiger partial charge >= 0.3 is 5.97 Å². The molecule has 0 saturated carbocycles. The number of piperazine rings is 1. The molecule has 1 aliphatic heterocycles. The van der Waals surface area contributed by atoms with E-state index in [0.29, 0.717) is 13.1 Å². The van der Waals surface area contributed by atoms with E-state index in [-0.39, 0.29) is 17.7 Å². The minimum atomic E-state index is -1.01. The molecule has 92 valence electrons. The van der Waals surface area contributed by atoms with Crippen molar-refractivity contribution >= 4 is 11.9 Å². The Morgan fingerprint density at radius 3 is 2.94 bits per heavy atom. The number of carbonyl (C=O) groups is 2. The number of aliphatic carboxylic acids is 1. The summed E-state index contributed by atoms with van der Waals surface area (Å²) < 4.78 is 5.01. The fraction of sp³-hybridized carbons (Fsp3) is 0.455. The van der Waals surface area contributed by atoms with Gasteiger partial charge in [0.15, 0.2) is 5.76 Å². The fourth-order valence-electron chi connectivity index (χ4n) is 2.05. The molecule has 6 nitrogen and oxygen atoms in total. The Bertz CT molecular complexity index is 415. The Kier molecular flexibility index (Phi) is 3.14. The van der Waals surface area contributed by atoms with Crippen molar-refractivity contribution in [3.8, 4) is 0 Å². The summed E-state index contributed by atoms with van der Waals surface area (Å²) in [7, 11) is 0. The number of nitrogens with zero attached hydrogens (tertiary/aromatic N) is 1. The lowest BCUT2D eigenvalue weighted by molar-refractivity contribution is -0.144. The van der Waals surface area contributed by atoms with Crippen molar-refractivity contribution in [3.05, 3.63) is 24.2 Å². The molecule has 2 unspecified atom stereocenters. The lowest BCUT2D eigenvalue weighted by atomic mass is 10.1. The van der Waals surface area contributed by atoms with E-state index in [4.69, 9.17) is 9.52 Å². The van der Waals surface area contributed by atoms with Crippen LogP contribution in [-0.4, -0.2) is 47.1 Å². The normalized spacial score (nSPS) is 24.6. The molecule has 0 aliphatic carbocycles. The Balaban J connectivity index is 2.23. The number of hydrogen-bond acceptors (Lipinski definition) is 4. The fourth-order valence-corrected chi connectivity index (χ4v) is 2.05. The summed E-state index contributed by atoms with van der Waals surface area (Å²) in [4.78, 5) is 24.6. The molecule has 2 heterocycles. The van der Waals surface area contributed by atoms with Crippen LogP contribution in [0.4, 0.5) is 0 Å².